The fourth-order valence-corrected chi connectivity index (χ4v) is 8.53. The van der Waals surface area contributed by atoms with Gasteiger partial charge in [0.1, 0.15) is 0 Å². The molecule has 1 saturated heterocycles. The van der Waals surface area contributed by atoms with Crippen LogP contribution in [0, 0.1) is 40.9 Å². The molecule has 6 aliphatic rings. The lowest BCUT2D eigenvalue weighted by atomic mass is 9.48. The van der Waals surface area contributed by atoms with Gasteiger partial charge >= 0.3 is 7.48 Å². The van der Waals surface area contributed by atoms with Crippen molar-refractivity contribution in [2.75, 3.05) is 0 Å². The first kappa shape index (κ1) is 24.0. The summed E-state index contributed by atoms with van der Waals surface area (Å²) in [7, 11) is 1.83. The smallest absolute Gasteiger partial charge is 0.330 e. The predicted octanol–water partition coefficient (Wildman–Crippen LogP) is 6.14. The number of hydrogen-bond donors (Lipinski definition) is 1. The van der Waals surface area contributed by atoms with Crippen LogP contribution >= 0.6 is 0 Å². The van der Waals surface area contributed by atoms with Gasteiger partial charge in [-0.3, -0.25) is 0 Å². The SMILES string of the molecule is CC(C)(O)C(C)(C)O[B]C1=CC2OC3CCCCC3C3(C2C=C1)C1C=CC=CC1C1C=CCCC13. The van der Waals surface area contributed by atoms with Crippen molar-refractivity contribution in [1.29, 1.82) is 0 Å². The van der Waals surface area contributed by atoms with E-state index >= 15 is 0 Å². The van der Waals surface area contributed by atoms with Crippen LogP contribution < -0.4 is 0 Å². The highest BCUT2D eigenvalue weighted by molar-refractivity contribution is 6.39. The third-order valence-corrected chi connectivity index (χ3v) is 10.7. The Morgan fingerprint density at radius 3 is 2.57 bits per heavy atom. The summed E-state index contributed by atoms with van der Waals surface area (Å²) in [5.74, 6) is 3.59. The summed E-state index contributed by atoms with van der Waals surface area (Å²) in [6.45, 7) is 7.49. The van der Waals surface area contributed by atoms with Crippen molar-refractivity contribution in [2.45, 2.75) is 89.6 Å². The van der Waals surface area contributed by atoms with Crippen molar-refractivity contribution >= 4 is 7.48 Å². The molecule has 1 spiro atoms. The van der Waals surface area contributed by atoms with Gasteiger partial charge in [-0.2, -0.15) is 0 Å². The Bertz CT molecular complexity index is 982. The van der Waals surface area contributed by atoms with Crippen molar-refractivity contribution in [3.8, 4) is 0 Å². The summed E-state index contributed by atoms with van der Waals surface area (Å²) in [4.78, 5) is 0. The van der Waals surface area contributed by atoms with Crippen LogP contribution in [0.5, 0.6) is 0 Å². The van der Waals surface area contributed by atoms with Crippen molar-refractivity contribution in [1.82, 2.24) is 0 Å². The lowest BCUT2D eigenvalue weighted by Crippen LogP contribution is -2.60. The quantitative estimate of drug-likeness (QED) is 0.394. The average Bonchev–Trinajstić information content (AvgIpc) is 3.13. The maximum atomic E-state index is 10.5. The minimum atomic E-state index is -0.936. The minimum Gasteiger partial charge on any atom is -0.427 e. The predicted molar refractivity (Wildman–Crippen MR) is 142 cm³/mol. The van der Waals surface area contributed by atoms with Gasteiger partial charge in [-0.25, -0.2) is 0 Å². The number of fused-ring (bicyclic) bond motifs is 9. The Hall–Kier alpha value is -1.36. The highest BCUT2D eigenvalue weighted by Gasteiger charge is 2.68. The summed E-state index contributed by atoms with van der Waals surface area (Å²) < 4.78 is 13.1. The van der Waals surface area contributed by atoms with Crippen molar-refractivity contribution in [3.63, 3.8) is 0 Å². The largest absolute Gasteiger partial charge is 0.427 e. The molecular formula is C31H42BO3. The molecule has 9 atom stereocenters. The second-order valence-corrected chi connectivity index (χ2v) is 12.9. The van der Waals surface area contributed by atoms with Gasteiger partial charge < -0.3 is 14.5 Å². The van der Waals surface area contributed by atoms with E-state index in [9.17, 15) is 5.11 Å². The molecule has 9 unspecified atom stereocenters. The van der Waals surface area contributed by atoms with E-state index in [1.165, 1.54) is 38.5 Å². The highest BCUT2D eigenvalue weighted by Crippen LogP contribution is 2.70. The maximum absolute atomic E-state index is 10.5. The molecule has 0 amide bonds. The number of ether oxygens (including phenoxy) is 1. The van der Waals surface area contributed by atoms with Gasteiger partial charge in [0.2, 0.25) is 0 Å². The summed E-state index contributed by atoms with van der Waals surface area (Å²) in [6, 6.07) is 0. The minimum absolute atomic E-state index is 0.0871. The first-order valence-corrected chi connectivity index (χ1v) is 14.0. The molecule has 5 aliphatic carbocycles. The number of rotatable bonds is 4. The molecule has 1 N–H and O–H groups in total. The number of hydrogen-bond acceptors (Lipinski definition) is 3. The molecule has 1 heterocycles. The molecule has 3 nitrogen and oxygen atoms in total. The molecule has 1 radical (unpaired) electrons. The second kappa shape index (κ2) is 8.60. The molecule has 35 heavy (non-hydrogen) atoms. The molecule has 0 aromatic carbocycles. The van der Waals surface area contributed by atoms with Gasteiger partial charge in [-0.15, -0.1) is 0 Å². The van der Waals surface area contributed by atoms with E-state index in [2.05, 4.69) is 54.7 Å². The van der Waals surface area contributed by atoms with Crippen LogP contribution in [-0.2, 0) is 9.39 Å². The Kier molecular flexibility index (Phi) is 5.90. The van der Waals surface area contributed by atoms with E-state index in [1.54, 1.807) is 13.8 Å². The van der Waals surface area contributed by atoms with Crippen molar-refractivity contribution in [3.05, 3.63) is 60.2 Å². The second-order valence-electron chi connectivity index (χ2n) is 12.9. The molecule has 1 aliphatic heterocycles. The van der Waals surface area contributed by atoms with Gasteiger partial charge in [0.25, 0.3) is 0 Å². The molecule has 0 aromatic heterocycles. The highest BCUT2D eigenvalue weighted by atomic mass is 16.5. The zero-order chi connectivity index (χ0) is 24.4. The number of aliphatic hydroxyl groups is 1. The van der Waals surface area contributed by atoms with Gasteiger partial charge in [-0.05, 0) is 88.4 Å². The summed E-state index contributed by atoms with van der Waals surface area (Å²) in [5, 5.41) is 10.5. The summed E-state index contributed by atoms with van der Waals surface area (Å²) in [6.07, 6.45) is 29.9. The van der Waals surface area contributed by atoms with Crippen molar-refractivity contribution in [2.24, 2.45) is 40.9 Å². The first-order chi connectivity index (χ1) is 16.7. The van der Waals surface area contributed by atoms with E-state index in [-0.39, 0.29) is 11.5 Å². The van der Waals surface area contributed by atoms with Gasteiger partial charge in [0.05, 0.1) is 23.4 Å². The van der Waals surface area contributed by atoms with Crippen LogP contribution in [0.2, 0.25) is 0 Å². The Morgan fingerprint density at radius 1 is 0.943 bits per heavy atom. The third-order valence-electron chi connectivity index (χ3n) is 10.7. The van der Waals surface area contributed by atoms with Crippen LogP contribution in [0.1, 0.15) is 66.2 Å². The van der Waals surface area contributed by atoms with Crippen LogP contribution in [0.15, 0.2) is 60.2 Å². The fraction of sp³-hybridized carbons (Fsp3) is 0.677. The molecule has 2 saturated carbocycles. The monoisotopic (exact) mass is 473 g/mol. The standard InChI is InChI=1S/C31H42BO3/c1-29(2,33)30(3,4)35-32-20-17-18-26-28(19-20)34-27-16-10-9-15-25(27)31(26)23-13-7-5-11-21(23)22-12-6-8-14-24(22)31/h5-7,11-13,17-19,21-28,33H,8-10,14-16H2,1-4H3. The maximum Gasteiger partial charge on any atom is 0.330 e. The van der Waals surface area contributed by atoms with E-state index in [0.717, 1.165) is 5.47 Å². The molecule has 4 heteroatoms. The lowest BCUT2D eigenvalue weighted by Gasteiger charge is -2.60. The van der Waals surface area contributed by atoms with Gasteiger partial charge in [0, 0.05) is 5.92 Å². The normalized spacial score (nSPS) is 43.9. The Morgan fingerprint density at radius 2 is 1.74 bits per heavy atom. The van der Waals surface area contributed by atoms with Gasteiger partial charge in [-0.1, -0.05) is 73.0 Å². The molecule has 0 bridgehead atoms. The lowest BCUT2D eigenvalue weighted by molar-refractivity contribution is -0.198. The van der Waals surface area contributed by atoms with Crippen LogP contribution in [0.4, 0.5) is 0 Å². The number of allylic oxidation sites excluding steroid dienone is 8. The zero-order valence-electron chi connectivity index (χ0n) is 21.9. The fourth-order valence-electron chi connectivity index (χ4n) is 8.53. The van der Waals surface area contributed by atoms with E-state index in [0.29, 0.717) is 41.6 Å². The Balaban J connectivity index is 1.37. The van der Waals surface area contributed by atoms with Gasteiger partial charge in [0.15, 0.2) is 0 Å². The molecule has 0 aromatic rings. The molecule has 187 valence electrons. The molecule has 6 rings (SSSR count). The van der Waals surface area contributed by atoms with E-state index < -0.39 is 11.2 Å². The van der Waals surface area contributed by atoms with Crippen molar-refractivity contribution < 1.29 is 14.5 Å². The van der Waals surface area contributed by atoms with Crippen LogP contribution in [0.25, 0.3) is 0 Å². The van der Waals surface area contributed by atoms with E-state index in [4.69, 9.17) is 9.39 Å². The van der Waals surface area contributed by atoms with Crippen LogP contribution in [0.3, 0.4) is 0 Å². The van der Waals surface area contributed by atoms with Crippen LogP contribution in [-0.4, -0.2) is 36.0 Å². The topological polar surface area (TPSA) is 38.7 Å². The first-order valence-electron chi connectivity index (χ1n) is 14.0. The summed E-state index contributed by atoms with van der Waals surface area (Å²) >= 11 is 0. The Labute approximate surface area is 212 Å². The molecular weight excluding hydrogens is 431 g/mol. The van der Waals surface area contributed by atoms with E-state index in [1.807, 2.05) is 21.3 Å². The molecule has 3 fully saturated rings. The third kappa shape index (κ3) is 3.65. The summed E-state index contributed by atoms with van der Waals surface area (Å²) in [5.41, 5.74) is -0.307. The average molecular weight is 473 g/mol. The zero-order valence-corrected chi connectivity index (χ0v) is 21.9.